The van der Waals surface area contributed by atoms with Gasteiger partial charge in [0.05, 0.1) is 0 Å². The van der Waals surface area contributed by atoms with Gasteiger partial charge in [-0.2, -0.15) is 0 Å². The summed E-state index contributed by atoms with van der Waals surface area (Å²) in [7, 11) is 0. The number of carbonyl (C=O) groups is 2. The van der Waals surface area contributed by atoms with Gasteiger partial charge in [0.25, 0.3) is 0 Å². The molecule has 4 heteroatoms. The molecule has 0 aliphatic carbocycles. The number of piperazine rings is 1. The molecule has 0 aromatic heterocycles. The molecular formula is C14H18N2O2. The Hall–Kier alpha value is -1.84. The van der Waals surface area contributed by atoms with E-state index in [-0.39, 0.29) is 11.9 Å². The van der Waals surface area contributed by atoms with Crippen LogP contribution in [0.1, 0.15) is 29.3 Å². The van der Waals surface area contributed by atoms with Crippen molar-refractivity contribution in [3.8, 4) is 0 Å². The van der Waals surface area contributed by atoms with E-state index in [1.165, 1.54) is 0 Å². The third-order valence-corrected chi connectivity index (χ3v) is 3.38. The number of aldehydes is 1. The Morgan fingerprint density at radius 2 is 2.28 bits per heavy atom. The third-order valence-electron chi connectivity index (χ3n) is 3.38. The Labute approximate surface area is 107 Å². The highest BCUT2D eigenvalue weighted by Gasteiger charge is 2.28. The van der Waals surface area contributed by atoms with Gasteiger partial charge in [-0.3, -0.25) is 9.59 Å². The molecule has 1 heterocycles. The molecule has 1 aliphatic heterocycles. The lowest BCUT2D eigenvalue weighted by Gasteiger charge is -2.37. The summed E-state index contributed by atoms with van der Waals surface area (Å²) in [5.41, 5.74) is 2.75. The molecule has 1 amide bonds. The molecule has 2 rings (SSSR count). The molecule has 0 spiro atoms. The fourth-order valence-corrected chi connectivity index (χ4v) is 2.48. The zero-order chi connectivity index (χ0) is 13.1. The predicted octanol–water partition coefficient (Wildman–Crippen LogP) is 1.52. The van der Waals surface area contributed by atoms with Crippen molar-refractivity contribution in [1.29, 1.82) is 0 Å². The first-order valence-electron chi connectivity index (χ1n) is 6.27. The van der Waals surface area contributed by atoms with Gasteiger partial charge < -0.3 is 10.2 Å². The minimum Gasteiger partial charge on any atom is -0.358 e. The molecule has 0 saturated carbocycles. The smallest absolute Gasteiger partial charge is 0.242 e. The third kappa shape index (κ3) is 2.23. The topological polar surface area (TPSA) is 49.4 Å². The van der Waals surface area contributed by atoms with Crippen molar-refractivity contribution in [3.63, 3.8) is 0 Å². The van der Waals surface area contributed by atoms with Crippen LogP contribution in [0.4, 0.5) is 5.69 Å². The number of benzene rings is 1. The van der Waals surface area contributed by atoms with Crippen LogP contribution in [0, 0.1) is 6.92 Å². The van der Waals surface area contributed by atoms with Crippen LogP contribution in [-0.2, 0) is 4.79 Å². The molecule has 1 aromatic carbocycles. The second-order valence-electron chi connectivity index (χ2n) is 4.57. The zero-order valence-corrected chi connectivity index (χ0v) is 10.8. The zero-order valence-electron chi connectivity index (χ0n) is 10.8. The molecule has 1 aliphatic rings. The summed E-state index contributed by atoms with van der Waals surface area (Å²) in [5.74, 6) is 0.0858. The highest BCUT2D eigenvalue weighted by molar-refractivity contribution is 5.87. The second-order valence-corrected chi connectivity index (χ2v) is 4.57. The van der Waals surface area contributed by atoms with Gasteiger partial charge >= 0.3 is 0 Å². The second kappa shape index (κ2) is 5.21. The molecular weight excluding hydrogens is 228 g/mol. The average molecular weight is 246 g/mol. The largest absolute Gasteiger partial charge is 0.358 e. The SMILES string of the molecule is CCC1C(=O)NCCN1c1ccc(C=O)cc1C. The van der Waals surface area contributed by atoms with E-state index in [4.69, 9.17) is 0 Å². The van der Waals surface area contributed by atoms with Gasteiger partial charge in [0.1, 0.15) is 12.3 Å². The van der Waals surface area contributed by atoms with Crippen LogP contribution in [0.15, 0.2) is 18.2 Å². The maximum Gasteiger partial charge on any atom is 0.242 e. The van der Waals surface area contributed by atoms with Crippen molar-refractivity contribution >= 4 is 17.9 Å². The molecule has 1 fully saturated rings. The molecule has 0 radical (unpaired) electrons. The van der Waals surface area contributed by atoms with Gasteiger partial charge in [0.15, 0.2) is 0 Å². The van der Waals surface area contributed by atoms with Crippen LogP contribution in [0.25, 0.3) is 0 Å². The van der Waals surface area contributed by atoms with Gasteiger partial charge in [-0.15, -0.1) is 0 Å². The van der Waals surface area contributed by atoms with Crippen molar-refractivity contribution < 1.29 is 9.59 Å². The van der Waals surface area contributed by atoms with Gasteiger partial charge in [-0.05, 0) is 37.1 Å². The molecule has 18 heavy (non-hydrogen) atoms. The van der Waals surface area contributed by atoms with Crippen LogP contribution in [0.3, 0.4) is 0 Å². The lowest BCUT2D eigenvalue weighted by molar-refractivity contribution is -0.123. The van der Waals surface area contributed by atoms with Crippen LogP contribution in [0.5, 0.6) is 0 Å². The maximum absolute atomic E-state index is 11.8. The Morgan fingerprint density at radius 3 is 2.89 bits per heavy atom. The van der Waals surface area contributed by atoms with Crippen LogP contribution < -0.4 is 10.2 Å². The number of hydrogen-bond acceptors (Lipinski definition) is 3. The highest BCUT2D eigenvalue weighted by Crippen LogP contribution is 2.25. The fourth-order valence-electron chi connectivity index (χ4n) is 2.48. The summed E-state index contributed by atoms with van der Waals surface area (Å²) < 4.78 is 0. The summed E-state index contributed by atoms with van der Waals surface area (Å²) in [6.07, 6.45) is 1.62. The Bertz CT molecular complexity index is 471. The number of hydrogen-bond donors (Lipinski definition) is 1. The van der Waals surface area contributed by atoms with Crippen LogP contribution in [0.2, 0.25) is 0 Å². The Kier molecular flexibility index (Phi) is 3.65. The first-order chi connectivity index (χ1) is 8.67. The number of amides is 1. The quantitative estimate of drug-likeness (QED) is 0.823. The Balaban J connectivity index is 2.34. The number of nitrogens with zero attached hydrogens (tertiary/aromatic N) is 1. The fraction of sp³-hybridized carbons (Fsp3) is 0.429. The minimum atomic E-state index is -0.112. The number of nitrogens with one attached hydrogen (secondary N) is 1. The molecule has 1 saturated heterocycles. The monoisotopic (exact) mass is 246 g/mol. The predicted molar refractivity (Wildman–Crippen MR) is 71.0 cm³/mol. The van der Waals surface area contributed by atoms with Gasteiger partial charge in [0.2, 0.25) is 5.91 Å². The molecule has 1 N–H and O–H groups in total. The lowest BCUT2D eigenvalue weighted by atomic mass is 10.0. The number of rotatable bonds is 3. The van der Waals surface area contributed by atoms with E-state index in [9.17, 15) is 9.59 Å². The lowest BCUT2D eigenvalue weighted by Crippen LogP contribution is -2.55. The molecule has 96 valence electrons. The van der Waals surface area contributed by atoms with Gasteiger partial charge in [-0.25, -0.2) is 0 Å². The number of aryl methyl sites for hydroxylation is 1. The summed E-state index contributed by atoms with van der Waals surface area (Å²) in [6.45, 7) is 5.47. The maximum atomic E-state index is 11.8. The average Bonchev–Trinajstić information content (AvgIpc) is 2.38. The van der Waals surface area contributed by atoms with E-state index in [1.807, 2.05) is 26.0 Å². The van der Waals surface area contributed by atoms with Crippen molar-refractivity contribution in [3.05, 3.63) is 29.3 Å². The van der Waals surface area contributed by atoms with E-state index in [1.54, 1.807) is 6.07 Å². The van der Waals surface area contributed by atoms with Crippen LogP contribution in [-0.4, -0.2) is 31.3 Å². The number of carbonyl (C=O) groups excluding carboxylic acids is 2. The molecule has 1 unspecified atom stereocenters. The van der Waals surface area contributed by atoms with E-state index in [2.05, 4.69) is 10.2 Å². The summed E-state index contributed by atoms with van der Waals surface area (Å²) in [6, 6.07) is 5.48. The van der Waals surface area contributed by atoms with E-state index in [0.29, 0.717) is 12.1 Å². The standard InChI is InChI=1S/C14H18N2O2/c1-3-12-14(18)15-6-7-16(12)13-5-4-11(9-17)8-10(13)2/h4-5,8-9,12H,3,6-7H2,1-2H3,(H,15,18). The molecule has 4 nitrogen and oxygen atoms in total. The van der Waals surface area contributed by atoms with Crippen LogP contribution >= 0.6 is 0 Å². The number of anilines is 1. The van der Waals surface area contributed by atoms with Crippen molar-refractivity contribution in [1.82, 2.24) is 5.32 Å². The van der Waals surface area contributed by atoms with Gasteiger partial charge in [0, 0.05) is 24.3 Å². The summed E-state index contributed by atoms with van der Waals surface area (Å²) >= 11 is 0. The Morgan fingerprint density at radius 1 is 1.50 bits per heavy atom. The van der Waals surface area contributed by atoms with Crippen molar-refractivity contribution in [2.45, 2.75) is 26.3 Å². The highest BCUT2D eigenvalue weighted by atomic mass is 16.2. The van der Waals surface area contributed by atoms with E-state index in [0.717, 1.165) is 30.5 Å². The molecule has 1 atom stereocenters. The van der Waals surface area contributed by atoms with Crippen molar-refractivity contribution in [2.24, 2.45) is 0 Å². The summed E-state index contributed by atoms with van der Waals surface area (Å²) in [5, 5.41) is 2.89. The molecule has 1 aromatic rings. The van der Waals surface area contributed by atoms with Gasteiger partial charge in [-0.1, -0.05) is 6.92 Å². The summed E-state index contributed by atoms with van der Waals surface area (Å²) in [4.78, 5) is 24.7. The molecule has 0 bridgehead atoms. The van der Waals surface area contributed by atoms with Crippen molar-refractivity contribution in [2.75, 3.05) is 18.0 Å². The van der Waals surface area contributed by atoms with E-state index >= 15 is 0 Å². The first-order valence-corrected chi connectivity index (χ1v) is 6.27. The minimum absolute atomic E-state index is 0.0858. The van der Waals surface area contributed by atoms with E-state index < -0.39 is 0 Å². The normalized spacial score (nSPS) is 19.6. The first kappa shape index (κ1) is 12.6.